The van der Waals surface area contributed by atoms with Crippen molar-refractivity contribution in [2.75, 3.05) is 22.2 Å². The quantitative estimate of drug-likeness (QED) is 0.545. The number of nitrogens with one attached hydrogen (secondary N) is 2. The van der Waals surface area contributed by atoms with E-state index in [2.05, 4.69) is 20.7 Å². The maximum Gasteiger partial charge on any atom is 0.152 e. The van der Waals surface area contributed by atoms with Crippen LogP contribution in [0.3, 0.4) is 0 Å². The normalized spacial score (nSPS) is 21.6. The number of anilines is 2. The van der Waals surface area contributed by atoms with Gasteiger partial charge in [-0.3, -0.25) is 0 Å². The van der Waals surface area contributed by atoms with E-state index in [1.54, 1.807) is 6.07 Å². The summed E-state index contributed by atoms with van der Waals surface area (Å²) in [7, 11) is -2.90. The number of rotatable bonds is 4. The number of nitrogens with two attached hydrogens (primary N) is 1. The highest BCUT2D eigenvalue weighted by Gasteiger charge is 2.28. The van der Waals surface area contributed by atoms with Crippen molar-refractivity contribution < 1.29 is 8.42 Å². The van der Waals surface area contributed by atoms with Gasteiger partial charge in [-0.15, -0.1) is 0 Å². The van der Waals surface area contributed by atoms with Crippen molar-refractivity contribution in [2.45, 2.75) is 32.2 Å². The number of sulfone groups is 1. The standard InChI is InChI=1S/C11H19N5O2S/c1-7(2)11-14-9(5-10(15-11)16-12)13-8-3-4-19(17,18)6-8/h5,7-8H,3-4,6,12H2,1-2H3,(H2,13,14,15,16). The number of hydrogen-bond donors (Lipinski definition) is 3. The maximum atomic E-state index is 11.4. The number of aromatic nitrogens is 2. The van der Waals surface area contributed by atoms with Crippen LogP contribution in [0.4, 0.5) is 11.6 Å². The van der Waals surface area contributed by atoms with Gasteiger partial charge in [0.2, 0.25) is 0 Å². The van der Waals surface area contributed by atoms with Crippen molar-refractivity contribution in [3.05, 3.63) is 11.9 Å². The summed E-state index contributed by atoms with van der Waals surface area (Å²) in [5.74, 6) is 7.71. The highest BCUT2D eigenvalue weighted by molar-refractivity contribution is 7.91. The second-order valence-corrected chi connectivity index (χ2v) is 7.27. The molecule has 106 valence electrons. The van der Waals surface area contributed by atoms with E-state index in [4.69, 9.17) is 5.84 Å². The summed E-state index contributed by atoms with van der Waals surface area (Å²) in [6.45, 7) is 3.97. The van der Waals surface area contributed by atoms with Crippen molar-refractivity contribution >= 4 is 21.5 Å². The zero-order valence-electron chi connectivity index (χ0n) is 11.0. The predicted octanol–water partition coefficient (Wildman–Crippen LogP) is 0.485. The van der Waals surface area contributed by atoms with E-state index in [0.29, 0.717) is 23.9 Å². The minimum absolute atomic E-state index is 0.0921. The van der Waals surface area contributed by atoms with E-state index in [-0.39, 0.29) is 23.5 Å². The van der Waals surface area contributed by atoms with Gasteiger partial charge >= 0.3 is 0 Å². The highest BCUT2D eigenvalue weighted by atomic mass is 32.2. The molecule has 0 amide bonds. The summed E-state index contributed by atoms with van der Waals surface area (Å²) in [6, 6.07) is 1.59. The Balaban J connectivity index is 2.18. The van der Waals surface area contributed by atoms with Crippen LogP contribution in [0, 0.1) is 0 Å². The molecule has 7 nitrogen and oxygen atoms in total. The summed E-state index contributed by atoms with van der Waals surface area (Å²) in [6.07, 6.45) is 0.606. The SMILES string of the molecule is CC(C)c1nc(NN)cc(NC2CCS(=O)(=O)C2)n1. The zero-order chi connectivity index (χ0) is 14.0. The first kappa shape index (κ1) is 14.0. The molecule has 0 saturated carbocycles. The Kier molecular flexibility index (Phi) is 3.91. The largest absolute Gasteiger partial charge is 0.366 e. The molecule has 8 heteroatoms. The molecule has 1 aliphatic rings. The molecule has 0 radical (unpaired) electrons. The van der Waals surface area contributed by atoms with Crippen molar-refractivity contribution in [3.63, 3.8) is 0 Å². The molecule has 2 rings (SSSR count). The molecular formula is C11H19N5O2S. The van der Waals surface area contributed by atoms with E-state index >= 15 is 0 Å². The van der Waals surface area contributed by atoms with E-state index in [1.807, 2.05) is 13.8 Å². The van der Waals surface area contributed by atoms with Crippen molar-refractivity contribution in [1.82, 2.24) is 9.97 Å². The van der Waals surface area contributed by atoms with Crippen LogP contribution in [-0.4, -0.2) is 35.9 Å². The fourth-order valence-corrected chi connectivity index (χ4v) is 3.66. The Morgan fingerprint density at radius 2 is 2.05 bits per heavy atom. The molecule has 2 heterocycles. The van der Waals surface area contributed by atoms with Crippen LogP contribution in [0.1, 0.15) is 32.0 Å². The fraction of sp³-hybridized carbons (Fsp3) is 0.636. The molecule has 1 fully saturated rings. The average molecular weight is 285 g/mol. The minimum atomic E-state index is -2.90. The molecule has 0 aromatic carbocycles. The smallest absolute Gasteiger partial charge is 0.152 e. The third-order valence-electron chi connectivity index (χ3n) is 2.99. The van der Waals surface area contributed by atoms with Crippen LogP contribution in [0.25, 0.3) is 0 Å². The van der Waals surface area contributed by atoms with Gasteiger partial charge in [-0.1, -0.05) is 13.8 Å². The molecule has 0 aliphatic carbocycles. The van der Waals surface area contributed by atoms with Gasteiger partial charge in [0, 0.05) is 18.0 Å². The molecule has 1 unspecified atom stereocenters. The summed E-state index contributed by atoms with van der Waals surface area (Å²) in [5.41, 5.74) is 2.49. The molecule has 1 aliphatic heterocycles. The Hall–Kier alpha value is -1.41. The van der Waals surface area contributed by atoms with Gasteiger partial charge in [-0.25, -0.2) is 24.2 Å². The van der Waals surface area contributed by atoms with Gasteiger partial charge in [0.05, 0.1) is 11.5 Å². The summed E-state index contributed by atoms with van der Waals surface area (Å²) >= 11 is 0. The number of hydrazine groups is 1. The second kappa shape index (κ2) is 5.30. The van der Waals surface area contributed by atoms with Crippen LogP contribution < -0.4 is 16.6 Å². The average Bonchev–Trinajstić information content (AvgIpc) is 2.68. The van der Waals surface area contributed by atoms with Gasteiger partial charge in [-0.2, -0.15) is 0 Å². The first-order valence-corrected chi connectivity index (χ1v) is 8.04. The molecule has 0 bridgehead atoms. The lowest BCUT2D eigenvalue weighted by Gasteiger charge is -2.14. The van der Waals surface area contributed by atoms with Gasteiger partial charge in [0.15, 0.2) is 9.84 Å². The van der Waals surface area contributed by atoms with Crippen molar-refractivity contribution in [2.24, 2.45) is 5.84 Å². The monoisotopic (exact) mass is 285 g/mol. The van der Waals surface area contributed by atoms with Crippen LogP contribution in [0.5, 0.6) is 0 Å². The topological polar surface area (TPSA) is 110 Å². The second-order valence-electron chi connectivity index (χ2n) is 5.04. The van der Waals surface area contributed by atoms with Crippen LogP contribution >= 0.6 is 0 Å². The first-order valence-electron chi connectivity index (χ1n) is 6.22. The van der Waals surface area contributed by atoms with Crippen molar-refractivity contribution in [1.29, 1.82) is 0 Å². The number of nitrogens with zero attached hydrogens (tertiary/aromatic N) is 2. The number of nitrogen functional groups attached to an aromatic ring is 1. The first-order chi connectivity index (χ1) is 8.89. The molecule has 1 saturated heterocycles. The van der Waals surface area contributed by atoms with E-state index in [1.165, 1.54) is 0 Å². The van der Waals surface area contributed by atoms with Crippen molar-refractivity contribution in [3.8, 4) is 0 Å². The summed E-state index contributed by atoms with van der Waals surface area (Å²) < 4.78 is 22.8. The van der Waals surface area contributed by atoms with Gasteiger partial charge in [0.1, 0.15) is 17.5 Å². The minimum Gasteiger partial charge on any atom is -0.366 e. The summed E-state index contributed by atoms with van der Waals surface area (Å²) in [5, 5.41) is 3.14. The van der Waals surface area contributed by atoms with Gasteiger partial charge < -0.3 is 10.7 Å². The molecule has 4 N–H and O–H groups in total. The fourth-order valence-electron chi connectivity index (χ4n) is 1.99. The Bertz CT molecular complexity index is 558. The van der Waals surface area contributed by atoms with Crippen LogP contribution in [-0.2, 0) is 9.84 Å². The molecule has 1 aromatic rings. The Morgan fingerprint density at radius 3 is 2.58 bits per heavy atom. The van der Waals surface area contributed by atoms with Crippen LogP contribution in [0.2, 0.25) is 0 Å². The predicted molar refractivity (Wildman–Crippen MR) is 74.6 cm³/mol. The highest BCUT2D eigenvalue weighted by Crippen LogP contribution is 2.20. The van der Waals surface area contributed by atoms with E-state index < -0.39 is 9.84 Å². The van der Waals surface area contributed by atoms with Crippen LogP contribution in [0.15, 0.2) is 6.07 Å². The molecule has 19 heavy (non-hydrogen) atoms. The third-order valence-corrected chi connectivity index (χ3v) is 4.76. The van der Waals surface area contributed by atoms with Gasteiger partial charge in [-0.05, 0) is 6.42 Å². The Labute approximate surface area is 112 Å². The molecule has 0 spiro atoms. The third kappa shape index (κ3) is 3.54. The maximum absolute atomic E-state index is 11.4. The zero-order valence-corrected chi connectivity index (χ0v) is 11.9. The molecule has 1 atom stereocenters. The number of hydrogen-bond acceptors (Lipinski definition) is 7. The molecule has 1 aromatic heterocycles. The molecular weight excluding hydrogens is 266 g/mol. The van der Waals surface area contributed by atoms with Gasteiger partial charge in [0.25, 0.3) is 0 Å². The van der Waals surface area contributed by atoms with E-state index in [0.717, 1.165) is 0 Å². The van der Waals surface area contributed by atoms with E-state index in [9.17, 15) is 8.42 Å². The Morgan fingerprint density at radius 1 is 1.37 bits per heavy atom. The lowest BCUT2D eigenvalue weighted by atomic mass is 10.2. The lowest BCUT2D eigenvalue weighted by Crippen LogP contribution is -2.22. The summed E-state index contributed by atoms with van der Waals surface area (Å²) in [4.78, 5) is 8.63. The lowest BCUT2D eigenvalue weighted by molar-refractivity contribution is 0.602.